The van der Waals surface area contributed by atoms with Gasteiger partial charge in [0.05, 0.1) is 18.5 Å². The van der Waals surface area contributed by atoms with Gasteiger partial charge in [-0.1, -0.05) is 18.2 Å². The van der Waals surface area contributed by atoms with E-state index in [4.69, 9.17) is 9.47 Å². The molecule has 0 fully saturated rings. The van der Waals surface area contributed by atoms with Crippen molar-refractivity contribution in [3.8, 4) is 22.9 Å². The molecule has 5 heterocycles. The summed E-state index contributed by atoms with van der Waals surface area (Å²) >= 11 is 0. The maximum atomic E-state index is 6.19. The maximum Gasteiger partial charge on any atom is 0.228 e. The van der Waals surface area contributed by atoms with Crippen molar-refractivity contribution in [3.63, 3.8) is 0 Å². The van der Waals surface area contributed by atoms with Crippen molar-refractivity contribution in [2.24, 2.45) is 7.05 Å². The van der Waals surface area contributed by atoms with Gasteiger partial charge >= 0.3 is 0 Å². The Hall–Kier alpha value is -4.47. The predicted octanol–water partition coefficient (Wildman–Crippen LogP) is 3.57. The SMILES string of the molecule is Cn1nccc1Nc1nccc(-c2cc3n4c(nnc4c2)[C@H](Oc2ccccc2)CCO3)n1. The standard InChI is InChI=1S/C23H20N8O2/c1-30-19(8-11-25-30)27-23-24-10-7-17(26-23)15-13-20-28-29-22-18(33-16-5-3-2-4-6-16)9-12-32-21(14-15)31(20)22/h2-8,10-11,13-14,18H,9,12H2,1H3,(H,24,26,27)/t18-/m1/s1. The first kappa shape index (κ1) is 19.2. The fourth-order valence-electron chi connectivity index (χ4n) is 3.83. The van der Waals surface area contributed by atoms with Crippen LogP contribution in [0.3, 0.4) is 0 Å². The number of nitrogens with one attached hydrogen (secondary N) is 1. The van der Waals surface area contributed by atoms with Crippen LogP contribution in [0.4, 0.5) is 11.8 Å². The van der Waals surface area contributed by atoms with Crippen molar-refractivity contribution in [2.45, 2.75) is 12.5 Å². The summed E-state index contributed by atoms with van der Waals surface area (Å²) in [6.07, 6.45) is 3.82. The smallest absolute Gasteiger partial charge is 0.228 e. The molecule has 4 aromatic heterocycles. The predicted molar refractivity (Wildman–Crippen MR) is 120 cm³/mol. The number of nitrogens with zero attached hydrogens (tertiary/aromatic N) is 7. The molecule has 0 amide bonds. The maximum absolute atomic E-state index is 6.19. The monoisotopic (exact) mass is 440 g/mol. The molecular weight excluding hydrogens is 420 g/mol. The van der Waals surface area contributed by atoms with E-state index in [2.05, 4.69) is 30.6 Å². The fraction of sp³-hybridized carbons (Fsp3) is 0.174. The molecule has 0 aliphatic carbocycles. The lowest BCUT2D eigenvalue weighted by Crippen LogP contribution is -2.11. The number of hydrogen-bond acceptors (Lipinski definition) is 8. The minimum Gasteiger partial charge on any atom is -0.482 e. The Labute approximate surface area is 188 Å². The third-order valence-electron chi connectivity index (χ3n) is 5.45. The van der Waals surface area contributed by atoms with E-state index >= 15 is 0 Å². The minimum atomic E-state index is -0.261. The Morgan fingerprint density at radius 2 is 1.97 bits per heavy atom. The van der Waals surface area contributed by atoms with Gasteiger partial charge in [-0.3, -0.25) is 4.68 Å². The number of aryl methyl sites for hydroxylation is 1. The average Bonchev–Trinajstić information content (AvgIpc) is 3.40. The summed E-state index contributed by atoms with van der Waals surface area (Å²) in [4.78, 5) is 8.98. The Balaban J connectivity index is 1.35. The summed E-state index contributed by atoms with van der Waals surface area (Å²) in [7, 11) is 1.85. The van der Waals surface area contributed by atoms with Crippen LogP contribution in [0, 0.1) is 0 Å². The van der Waals surface area contributed by atoms with Gasteiger partial charge in [0, 0.05) is 37.4 Å². The highest BCUT2D eigenvalue weighted by Crippen LogP contribution is 2.33. The number of benzene rings is 1. The lowest BCUT2D eigenvalue weighted by molar-refractivity contribution is 0.166. The first-order chi connectivity index (χ1) is 16.2. The van der Waals surface area contributed by atoms with E-state index < -0.39 is 0 Å². The highest BCUT2D eigenvalue weighted by molar-refractivity contribution is 5.67. The van der Waals surface area contributed by atoms with Crippen molar-refractivity contribution in [3.05, 3.63) is 72.8 Å². The van der Waals surface area contributed by atoms with Crippen molar-refractivity contribution in [1.82, 2.24) is 34.3 Å². The molecule has 1 aliphatic rings. The molecule has 0 bridgehead atoms. The minimum absolute atomic E-state index is 0.261. The molecule has 5 aromatic rings. The van der Waals surface area contributed by atoms with Gasteiger partial charge < -0.3 is 14.8 Å². The lowest BCUT2D eigenvalue weighted by Gasteiger charge is -2.15. The first-order valence-corrected chi connectivity index (χ1v) is 10.6. The molecule has 1 aliphatic heterocycles. The molecule has 1 aromatic carbocycles. The van der Waals surface area contributed by atoms with Gasteiger partial charge in [-0.05, 0) is 24.3 Å². The van der Waals surface area contributed by atoms with Crippen molar-refractivity contribution < 1.29 is 9.47 Å². The highest BCUT2D eigenvalue weighted by Gasteiger charge is 2.26. The largest absolute Gasteiger partial charge is 0.482 e. The number of ether oxygens (including phenoxy) is 2. The molecule has 0 saturated carbocycles. The average molecular weight is 440 g/mol. The Morgan fingerprint density at radius 3 is 2.82 bits per heavy atom. The van der Waals surface area contributed by atoms with E-state index in [-0.39, 0.29) is 6.10 Å². The molecule has 0 saturated heterocycles. The number of pyridine rings is 1. The molecule has 0 unspecified atom stereocenters. The van der Waals surface area contributed by atoms with Crippen molar-refractivity contribution in [2.75, 3.05) is 11.9 Å². The van der Waals surface area contributed by atoms with E-state index in [9.17, 15) is 0 Å². The van der Waals surface area contributed by atoms with Gasteiger partial charge in [0.1, 0.15) is 11.6 Å². The van der Waals surface area contributed by atoms with Gasteiger partial charge in [0.25, 0.3) is 0 Å². The van der Waals surface area contributed by atoms with Crippen molar-refractivity contribution in [1.29, 1.82) is 0 Å². The normalized spacial score (nSPS) is 15.1. The molecule has 10 nitrogen and oxygen atoms in total. The van der Waals surface area contributed by atoms with Gasteiger partial charge in [0.15, 0.2) is 17.6 Å². The summed E-state index contributed by atoms with van der Waals surface area (Å²) in [5.74, 6) is 3.43. The number of rotatable bonds is 5. The zero-order valence-electron chi connectivity index (χ0n) is 17.8. The quantitative estimate of drug-likeness (QED) is 0.442. The highest BCUT2D eigenvalue weighted by atomic mass is 16.5. The number of para-hydroxylation sites is 1. The second-order valence-corrected chi connectivity index (χ2v) is 7.62. The second-order valence-electron chi connectivity index (χ2n) is 7.62. The summed E-state index contributed by atoms with van der Waals surface area (Å²) in [5, 5.41) is 16.1. The molecule has 1 N–H and O–H groups in total. The van der Waals surface area contributed by atoms with Crippen LogP contribution in [-0.4, -0.2) is 41.0 Å². The lowest BCUT2D eigenvalue weighted by atomic mass is 10.2. The van der Waals surface area contributed by atoms with Crippen LogP contribution in [0.5, 0.6) is 11.6 Å². The molecule has 164 valence electrons. The zero-order valence-corrected chi connectivity index (χ0v) is 17.8. The van der Waals surface area contributed by atoms with Gasteiger partial charge in [-0.25, -0.2) is 14.4 Å². The Kier molecular flexibility index (Phi) is 4.60. The van der Waals surface area contributed by atoms with Crippen LogP contribution in [0.1, 0.15) is 18.3 Å². The molecule has 6 rings (SSSR count). The van der Waals surface area contributed by atoms with Gasteiger partial charge in [-0.15, -0.1) is 10.2 Å². The van der Waals surface area contributed by atoms with Crippen LogP contribution in [0.25, 0.3) is 16.9 Å². The van der Waals surface area contributed by atoms with E-state index in [1.54, 1.807) is 17.1 Å². The van der Waals surface area contributed by atoms with E-state index in [1.165, 1.54) is 0 Å². The molecule has 0 spiro atoms. The van der Waals surface area contributed by atoms with Gasteiger partial charge in [0.2, 0.25) is 11.8 Å². The van der Waals surface area contributed by atoms with E-state index in [1.807, 2.05) is 66.0 Å². The van der Waals surface area contributed by atoms with E-state index in [0.29, 0.717) is 36.3 Å². The molecule has 33 heavy (non-hydrogen) atoms. The number of hydrogen-bond donors (Lipinski definition) is 1. The van der Waals surface area contributed by atoms with Crippen LogP contribution in [0.15, 0.2) is 67.0 Å². The third kappa shape index (κ3) is 3.61. The first-order valence-electron chi connectivity index (χ1n) is 10.6. The molecule has 1 atom stereocenters. The summed E-state index contributed by atoms with van der Waals surface area (Å²) in [5.41, 5.74) is 2.26. The van der Waals surface area contributed by atoms with Crippen LogP contribution in [0.2, 0.25) is 0 Å². The van der Waals surface area contributed by atoms with Crippen LogP contribution in [-0.2, 0) is 7.05 Å². The molecular formula is C23H20N8O2. The van der Waals surface area contributed by atoms with E-state index in [0.717, 1.165) is 22.8 Å². The van der Waals surface area contributed by atoms with Crippen LogP contribution >= 0.6 is 0 Å². The fourth-order valence-corrected chi connectivity index (χ4v) is 3.83. The summed E-state index contributed by atoms with van der Waals surface area (Å²) in [6.45, 7) is 0.497. The molecule has 10 heteroatoms. The Morgan fingerprint density at radius 1 is 1.06 bits per heavy atom. The van der Waals surface area contributed by atoms with Crippen LogP contribution < -0.4 is 14.8 Å². The Bertz CT molecular complexity index is 1430. The number of anilines is 2. The molecule has 0 radical (unpaired) electrons. The van der Waals surface area contributed by atoms with Crippen molar-refractivity contribution >= 4 is 17.4 Å². The third-order valence-corrected chi connectivity index (χ3v) is 5.45. The topological polar surface area (TPSA) is 104 Å². The summed E-state index contributed by atoms with van der Waals surface area (Å²) < 4.78 is 15.9. The second kappa shape index (κ2) is 7.90. The summed E-state index contributed by atoms with van der Waals surface area (Å²) in [6, 6.07) is 17.3. The van der Waals surface area contributed by atoms with Gasteiger partial charge in [-0.2, -0.15) is 5.10 Å². The zero-order chi connectivity index (χ0) is 22.2. The number of aromatic nitrogens is 7.